The van der Waals surface area contributed by atoms with E-state index in [1.54, 1.807) is 31.3 Å². The fourth-order valence-electron chi connectivity index (χ4n) is 1.49. The quantitative estimate of drug-likeness (QED) is 0.316. The Morgan fingerprint density at radius 2 is 2.09 bits per heavy atom. The van der Waals surface area contributed by atoms with E-state index in [1.165, 1.54) is 6.07 Å². The zero-order valence-corrected chi connectivity index (χ0v) is 14.4. The Kier molecular flexibility index (Phi) is 9.63. The Hall–Kier alpha value is -1.45. The number of nitrogens with one attached hydrogen (secondary N) is 2. The molecule has 1 aromatic rings. The Morgan fingerprint density at radius 3 is 2.68 bits per heavy atom. The number of rotatable bonds is 6. The first-order chi connectivity index (χ1) is 9.94. The average molecular weight is 429 g/mol. The topological polar surface area (TPSA) is 45.7 Å². The number of aliphatic imine (C=N–C) groups is 1. The second-order valence-electron chi connectivity index (χ2n) is 4.15. The van der Waals surface area contributed by atoms with Gasteiger partial charge in [-0.25, -0.2) is 0 Å². The van der Waals surface area contributed by atoms with Crippen molar-refractivity contribution >= 4 is 29.9 Å². The summed E-state index contributed by atoms with van der Waals surface area (Å²) in [5.41, 5.74) is 0.788. The summed E-state index contributed by atoms with van der Waals surface area (Å²) in [6.45, 7) is 3.26. The molecule has 0 unspecified atom stereocenters. The number of nitrogens with zero attached hydrogens (tertiary/aromatic N) is 1. The smallest absolute Gasteiger partial charge is 0.422 e. The molecule has 0 saturated heterocycles. The molecule has 2 N–H and O–H groups in total. The van der Waals surface area contributed by atoms with Gasteiger partial charge >= 0.3 is 6.18 Å². The van der Waals surface area contributed by atoms with E-state index in [-0.39, 0.29) is 29.7 Å². The number of alkyl halides is 3. The maximum absolute atomic E-state index is 12.1. The molecule has 0 bridgehead atoms. The van der Waals surface area contributed by atoms with Crippen molar-refractivity contribution in [1.29, 1.82) is 0 Å². The van der Waals surface area contributed by atoms with Gasteiger partial charge in [0.05, 0.1) is 0 Å². The largest absolute Gasteiger partial charge is 0.484 e. The third-order valence-corrected chi connectivity index (χ3v) is 2.40. The third-order valence-electron chi connectivity index (χ3n) is 2.40. The molecule has 0 amide bonds. The summed E-state index contributed by atoms with van der Waals surface area (Å²) >= 11 is 0. The van der Waals surface area contributed by atoms with Crippen molar-refractivity contribution in [3.05, 3.63) is 42.5 Å². The minimum Gasteiger partial charge on any atom is -0.484 e. The first-order valence-electron chi connectivity index (χ1n) is 6.28. The second kappa shape index (κ2) is 10.3. The predicted octanol–water partition coefficient (Wildman–Crippen LogP) is 3.10. The van der Waals surface area contributed by atoms with Crippen molar-refractivity contribution in [3.63, 3.8) is 0 Å². The standard InChI is InChI=1S/C14H18F3N3O.HI/c1-3-7-19-13(18-2)20-9-11-5-4-6-12(8-11)21-10-14(15,16)17;/h3-6,8H,1,7,9-10H2,2H3,(H2,18,19,20);1H. The highest BCUT2D eigenvalue weighted by molar-refractivity contribution is 14.0. The van der Waals surface area contributed by atoms with Crippen LogP contribution in [0.25, 0.3) is 0 Å². The van der Waals surface area contributed by atoms with Gasteiger partial charge in [-0.05, 0) is 17.7 Å². The van der Waals surface area contributed by atoms with E-state index in [4.69, 9.17) is 4.74 Å². The van der Waals surface area contributed by atoms with Gasteiger partial charge in [-0.15, -0.1) is 30.6 Å². The lowest BCUT2D eigenvalue weighted by atomic mass is 10.2. The molecule has 4 nitrogen and oxygen atoms in total. The summed E-state index contributed by atoms with van der Waals surface area (Å²) in [4.78, 5) is 4.00. The monoisotopic (exact) mass is 429 g/mol. The van der Waals surface area contributed by atoms with Crippen LogP contribution in [0.15, 0.2) is 41.9 Å². The lowest BCUT2D eigenvalue weighted by Crippen LogP contribution is -2.36. The Balaban J connectivity index is 0.00000441. The highest BCUT2D eigenvalue weighted by Gasteiger charge is 2.28. The molecule has 1 aromatic carbocycles. The van der Waals surface area contributed by atoms with Crippen LogP contribution in [0.2, 0.25) is 0 Å². The molecule has 22 heavy (non-hydrogen) atoms. The van der Waals surface area contributed by atoms with Crippen LogP contribution in [0.1, 0.15) is 5.56 Å². The number of halogens is 4. The second-order valence-corrected chi connectivity index (χ2v) is 4.15. The first kappa shape index (κ1) is 20.6. The van der Waals surface area contributed by atoms with E-state index in [0.29, 0.717) is 19.0 Å². The SMILES string of the molecule is C=CCNC(=NC)NCc1cccc(OCC(F)(F)F)c1.I. The molecule has 0 aromatic heterocycles. The molecule has 124 valence electrons. The lowest BCUT2D eigenvalue weighted by Gasteiger charge is -2.12. The zero-order chi connectivity index (χ0) is 15.7. The number of ether oxygens (including phenoxy) is 1. The zero-order valence-electron chi connectivity index (χ0n) is 12.1. The number of hydrogen-bond acceptors (Lipinski definition) is 2. The van der Waals surface area contributed by atoms with Crippen molar-refractivity contribution in [1.82, 2.24) is 10.6 Å². The summed E-state index contributed by atoms with van der Waals surface area (Å²) in [5, 5.41) is 6.02. The maximum atomic E-state index is 12.1. The van der Waals surface area contributed by atoms with Crippen LogP contribution < -0.4 is 15.4 Å². The van der Waals surface area contributed by atoms with Gasteiger partial charge in [0.1, 0.15) is 5.75 Å². The molecule has 0 heterocycles. The van der Waals surface area contributed by atoms with Gasteiger partial charge in [0.2, 0.25) is 0 Å². The van der Waals surface area contributed by atoms with Gasteiger partial charge in [0.25, 0.3) is 0 Å². The maximum Gasteiger partial charge on any atom is 0.422 e. The molecule has 0 fully saturated rings. The van der Waals surface area contributed by atoms with E-state index >= 15 is 0 Å². The molecule has 0 saturated carbocycles. The van der Waals surface area contributed by atoms with Gasteiger partial charge in [0.15, 0.2) is 12.6 Å². The van der Waals surface area contributed by atoms with E-state index in [1.807, 2.05) is 0 Å². The summed E-state index contributed by atoms with van der Waals surface area (Å²) < 4.78 is 41.0. The highest BCUT2D eigenvalue weighted by Crippen LogP contribution is 2.19. The van der Waals surface area contributed by atoms with Gasteiger partial charge in [0, 0.05) is 20.1 Å². The van der Waals surface area contributed by atoms with Crippen molar-refractivity contribution in [2.24, 2.45) is 4.99 Å². The van der Waals surface area contributed by atoms with Crippen LogP contribution in [0.5, 0.6) is 5.75 Å². The van der Waals surface area contributed by atoms with Crippen molar-refractivity contribution in [2.75, 3.05) is 20.2 Å². The van der Waals surface area contributed by atoms with E-state index in [9.17, 15) is 13.2 Å². The lowest BCUT2D eigenvalue weighted by molar-refractivity contribution is -0.153. The molecular weight excluding hydrogens is 410 g/mol. The predicted molar refractivity (Wildman–Crippen MR) is 91.8 cm³/mol. The third kappa shape index (κ3) is 8.75. The van der Waals surface area contributed by atoms with Gasteiger partial charge in [-0.1, -0.05) is 18.2 Å². The Morgan fingerprint density at radius 1 is 1.36 bits per heavy atom. The average Bonchev–Trinajstić information content (AvgIpc) is 2.45. The molecular formula is C14H19F3IN3O. The number of benzene rings is 1. The van der Waals surface area contributed by atoms with Crippen LogP contribution >= 0.6 is 24.0 Å². The van der Waals surface area contributed by atoms with Gasteiger partial charge < -0.3 is 15.4 Å². The Bertz CT molecular complexity index is 492. The van der Waals surface area contributed by atoms with Crippen LogP contribution in [0.4, 0.5) is 13.2 Å². The molecule has 0 spiro atoms. The summed E-state index contributed by atoms with van der Waals surface area (Å²) in [6.07, 6.45) is -2.65. The number of guanidine groups is 1. The summed E-state index contributed by atoms with van der Waals surface area (Å²) in [7, 11) is 1.63. The molecule has 0 atom stereocenters. The van der Waals surface area contributed by atoms with E-state index in [0.717, 1.165) is 5.56 Å². The van der Waals surface area contributed by atoms with Gasteiger partial charge in [-0.2, -0.15) is 13.2 Å². The normalized spacial score (nSPS) is 11.4. The van der Waals surface area contributed by atoms with Crippen molar-refractivity contribution in [2.45, 2.75) is 12.7 Å². The van der Waals surface area contributed by atoms with Gasteiger partial charge in [-0.3, -0.25) is 4.99 Å². The fourth-order valence-corrected chi connectivity index (χ4v) is 1.49. The molecule has 0 aliphatic carbocycles. The molecule has 0 radical (unpaired) electrons. The molecule has 0 aliphatic rings. The minimum absolute atomic E-state index is 0. The van der Waals surface area contributed by atoms with Crippen LogP contribution in [0, 0.1) is 0 Å². The first-order valence-corrected chi connectivity index (χ1v) is 6.28. The Labute approximate surface area is 144 Å². The number of hydrogen-bond donors (Lipinski definition) is 2. The minimum atomic E-state index is -4.34. The molecule has 0 aliphatic heterocycles. The van der Waals surface area contributed by atoms with Crippen molar-refractivity contribution in [3.8, 4) is 5.75 Å². The fraction of sp³-hybridized carbons (Fsp3) is 0.357. The highest BCUT2D eigenvalue weighted by atomic mass is 127. The molecule has 1 rings (SSSR count). The van der Waals surface area contributed by atoms with E-state index in [2.05, 4.69) is 22.2 Å². The summed E-state index contributed by atoms with van der Waals surface area (Å²) in [6, 6.07) is 6.47. The summed E-state index contributed by atoms with van der Waals surface area (Å²) in [5.74, 6) is 0.761. The van der Waals surface area contributed by atoms with Crippen LogP contribution in [0.3, 0.4) is 0 Å². The van der Waals surface area contributed by atoms with Crippen LogP contribution in [-0.2, 0) is 6.54 Å². The van der Waals surface area contributed by atoms with E-state index < -0.39 is 12.8 Å². The molecule has 8 heteroatoms. The van der Waals surface area contributed by atoms with Crippen molar-refractivity contribution < 1.29 is 17.9 Å². The van der Waals surface area contributed by atoms with Crippen LogP contribution in [-0.4, -0.2) is 32.3 Å².